The van der Waals surface area contributed by atoms with Crippen molar-refractivity contribution in [3.63, 3.8) is 0 Å². The van der Waals surface area contributed by atoms with Crippen LogP contribution in [0.4, 0.5) is 13.2 Å². The molecular formula is C14H14F3NO2. The lowest BCUT2D eigenvalue weighted by Crippen LogP contribution is -2.13. The number of nitrogens with zero attached hydrogens (tertiary/aromatic N) is 1. The Balaban J connectivity index is 2.64. The highest BCUT2D eigenvalue weighted by Gasteiger charge is 2.34. The molecule has 0 radical (unpaired) electrons. The molecule has 0 saturated carbocycles. The summed E-state index contributed by atoms with van der Waals surface area (Å²) in [5, 5.41) is 9.02. The minimum absolute atomic E-state index is 0.0692. The third-order valence-electron chi connectivity index (χ3n) is 3.35. The van der Waals surface area contributed by atoms with Crippen molar-refractivity contribution in [1.29, 1.82) is 0 Å². The zero-order valence-electron chi connectivity index (χ0n) is 11.0. The molecule has 2 rings (SSSR count). The number of aromatic nitrogens is 1. The van der Waals surface area contributed by atoms with Gasteiger partial charge in [-0.2, -0.15) is 13.2 Å². The summed E-state index contributed by atoms with van der Waals surface area (Å²) in [6.45, 7) is 1.48. The molecule has 1 unspecified atom stereocenters. The molecule has 1 heterocycles. The van der Waals surface area contributed by atoms with Crippen LogP contribution in [0.15, 0.2) is 24.4 Å². The number of hydrogen-bond acceptors (Lipinski definition) is 1. The summed E-state index contributed by atoms with van der Waals surface area (Å²) in [6, 6.07) is 3.98. The highest BCUT2D eigenvalue weighted by Crippen LogP contribution is 2.37. The number of carboxylic acids is 1. The van der Waals surface area contributed by atoms with Crippen LogP contribution in [0.25, 0.3) is 10.9 Å². The molecule has 0 spiro atoms. The summed E-state index contributed by atoms with van der Waals surface area (Å²) in [6.07, 6.45) is -2.82. The molecule has 0 saturated heterocycles. The Kier molecular flexibility index (Phi) is 3.50. The first-order valence-corrected chi connectivity index (χ1v) is 6.08. The molecule has 3 nitrogen and oxygen atoms in total. The molecule has 1 aromatic carbocycles. The maximum Gasteiger partial charge on any atom is 0.417 e. The van der Waals surface area contributed by atoms with Crippen molar-refractivity contribution >= 4 is 16.9 Å². The van der Waals surface area contributed by atoms with Crippen LogP contribution in [0.2, 0.25) is 0 Å². The first kappa shape index (κ1) is 14.4. The van der Waals surface area contributed by atoms with Gasteiger partial charge in [0.05, 0.1) is 11.5 Å². The van der Waals surface area contributed by atoms with E-state index in [1.165, 1.54) is 13.0 Å². The van der Waals surface area contributed by atoms with Gasteiger partial charge in [0, 0.05) is 24.1 Å². The molecule has 20 heavy (non-hydrogen) atoms. The highest BCUT2D eigenvalue weighted by atomic mass is 19.4. The van der Waals surface area contributed by atoms with Gasteiger partial charge >= 0.3 is 12.1 Å². The summed E-state index contributed by atoms with van der Waals surface area (Å²) in [5.74, 6) is -1.76. The summed E-state index contributed by atoms with van der Waals surface area (Å²) in [7, 11) is 1.65. The van der Waals surface area contributed by atoms with Gasteiger partial charge in [-0.1, -0.05) is 13.0 Å². The smallest absolute Gasteiger partial charge is 0.417 e. The van der Waals surface area contributed by atoms with Crippen molar-refractivity contribution in [3.8, 4) is 0 Å². The Bertz CT molecular complexity index is 658. The third-order valence-corrected chi connectivity index (χ3v) is 3.35. The largest absolute Gasteiger partial charge is 0.481 e. The molecule has 1 atom stereocenters. The van der Waals surface area contributed by atoms with Crippen LogP contribution in [0, 0.1) is 5.92 Å². The number of benzene rings is 1. The van der Waals surface area contributed by atoms with Gasteiger partial charge < -0.3 is 9.67 Å². The third kappa shape index (κ3) is 2.50. The maximum absolute atomic E-state index is 13.1. The quantitative estimate of drug-likeness (QED) is 0.938. The maximum atomic E-state index is 13.1. The fourth-order valence-corrected chi connectivity index (χ4v) is 2.35. The summed E-state index contributed by atoms with van der Waals surface area (Å²) in [4.78, 5) is 10.9. The van der Waals surface area contributed by atoms with Crippen LogP contribution in [0.3, 0.4) is 0 Å². The van der Waals surface area contributed by atoms with Crippen LogP contribution in [0.5, 0.6) is 0 Å². The van der Waals surface area contributed by atoms with Crippen LogP contribution in [0.1, 0.15) is 18.1 Å². The second-order valence-electron chi connectivity index (χ2n) is 4.91. The van der Waals surface area contributed by atoms with Crippen molar-refractivity contribution in [2.45, 2.75) is 19.5 Å². The van der Waals surface area contributed by atoms with E-state index in [-0.39, 0.29) is 11.8 Å². The van der Waals surface area contributed by atoms with Gasteiger partial charge in [-0.05, 0) is 24.1 Å². The number of hydrogen-bond donors (Lipinski definition) is 1. The SMILES string of the molecule is CC(Cc1cn(C)c2cccc(C(F)(F)F)c12)C(=O)O. The number of carboxylic acid groups (broad SMARTS) is 1. The Labute approximate surface area is 113 Å². The summed E-state index contributed by atoms with van der Waals surface area (Å²) < 4.78 is 40.8. The molecule has 0 amide bonds. The number of rotatable bonds is 3. The lowest BCUT2D eigenvalue weighted by molar-refractivity contribution is -0.141. The van der Waals surface area contributed by atoms with Crippen molar-refractivity contribution in [2.75, 3.05) is 0 Å². The van der Waals surface area contributed by atoms with Crippen LogP contribution in [-0.4, -0.2) is 15.6 Å². The Hall–Kier alpha value is -1.98. The van der Waals surface area contributed by atoms with Crippen LogP contribution in [-0.2, 0) is 24.4 Å². The van der Waals surface area contributed by atoms with Gasteiger partial charge in [0.1, 0.15) is 0 Å². The minimum atomic E-state index is -4.46. The monoisotopic (exact) mass is 285 g/mol. The predicted molar refractivity (Wildman–Crippen MR) is 68.4 cm³/mol. The molecule has 0 aliphatic rings. The lowest BCUT2D eigenvalue weighted by atomic mass is 9.98. The zero-order chi connectivity index (χ0) is 15.1. The Morgan fingerprint density at radius 2 is 2.05 bits per heavy atom. The number of carbonyl (C=O) groups is 1. The van der Waals surface area contributed by atoms with Gasteiger partial charge in [-0.15, -0.1) is 0 Å². The molecule has 0 bridgehead atoms. The van der Waals surface area contributed by atoms with Gasteiger partial charge in [-0.3, -0.25) is 4.79 Å². The zero-order valence-corrected chi connectivity index (χ0v) is 11.0. The van der Waals surface area contributed by atoms with Gasteiger partial charge in [0.15, 0.2) is 0 Å². The van der Waals surface area contributed by atoms with E-state index in [0.717, 1.165) is 6.07 Å². The van der Waals surface area contributed by atoms with Crippen molar-refractivity contribution in [3.05, 3.63) is 35.5 Å². The second-order valence-corrected chi connectivity index (χ2v) is 4.91. The molecule has 0 aliphatic heterocycles. The number of fused-ring (bicyclic) bond motifs is 1. The Morgan fingerprint density at radius 1 is 1.40 bits per heavy atom. The molecule has 1 aromatic heterocycles. The summed E-state index contributed by atoms with van der Waals surface area (Å²) >= 11 is 0. The number of aryl methyl sites for hydroxylation is 1. The average Bonchev–Trinajstić information content (AvgIpc) is 2.65. The molecule has 0 fully saturated rings. The first-order valence-electron chi connectivity index (χ1n) is 6.08. The fraction of sp³-hybridized carbons (Fsp3) is 0.357. The number of aliphatic carboxylic acids is 1. The molecular weight excluding hydrogens is 271 g/mol. The van der Waals surface area contributed by atoms with E-state index in [0.29, 0.717) is 11.1 Å². The number of halogens is 3. The van der Waals surface area contributed by atoms with Crippen molar-refractivity contribution < 1.29 is 23.1 Å². The minimum Gasteiger partial charge on any atom is -0.481 e. The van der Waals surface area contributed by atoms with E-state index in [9.17, 15) is 18.0 Å². The topological polar surface area (TPSA) is 42.2 Å². The van der Waals surface area contributed by atoms with E-state index >= 15 is 0 Å². The van der Waals surface area contributed by atoms with E-state index in [1.54, 1.807) is 23.9 Å². The molecule has 1 N–H and O–H groups in total. The molecule has 0 aliphatic carbocycles. The van der Waals surface area contributed by atoms with E-state index in [4.69, 9.17) is 5.11 Å². The van der Waals surface area contributed by atoms with Crippen molar-refractivity contribution in [2.24, 2.45) is 13.0 Å². The average molecular weight is 285 g/mol. The van der Waals surface area contributed by atoms with Crippen molar-refractivity contribution in [1.82, 2.24) is 4.57 Å². The fourth-order valence-electron chi connectivity index (χ4n) is 2.35. The molecule has 108 valence electrons. The van der Waals surface area contributed by atoms with Gasteiger partial charge in [-0.25, -0.2) is 0 Å². The normalized spacial score (nSPS) is 13.7. The van der Waals surface area contributed by atoms with E-state index in [2.05, 4.69) is 0 Å². The summed E-state index contributed by atoms with van der Waals surface area (Å²) in [5.41, 5.74) is 0.140. The highest BCUT2D eigenvalue weighted by molar-refractivity contribution is 5.88. The lowest BCUT2D eigenvalue weighted by Gasteiger charge is -2.11. The van der Waals surface area contributed by atoms with Gasteiger partial charge in [0.2, 0.25) is 0 Å². The predicted octanol–water partition coefficient (Wildman–Crippen LogP) is 3.46. The van der Waals surface area contributed by atoms with Crippen LogP contribution >= 0.6 is 0 Å². The van der Waals surface area contributed by atoms with E-state index < -0.39 is 23.6 Å². The second kappa shape index (κ2) is 4.85. The molecule has 2 aromatic rings. The number of alkyl halides is 3. The Morgan fingerprint density at radius 3 is 2.60 bits per heavy atom. The van der Waals surface area contributed by atoms with Gasteiger partial charge in [0.25, 0.3) is 0 Å². The standard InChI is InChI=1S/C14H14F3NO2/c1-8(13(19)20)6-9-7-18(2)11-5-3-4-10(12(9)11)14(15,16)17/h3-5,7-8H,6H2,1-2H3,(H,19,20). The first-order chi connectivity index (χ1) is 9.21. The molecule has 6 heteroatoms. The van der Waals surface area contributed by atoms with E-state index in [1.807, 2.05) is 0 Å². The van der Waals surface area contributed by atoms with Crippen LogP contribution < -0.4 is 0 Å².